The highest BCUT2D eigenvalue weighted by Gasteiger charge is 2.18. The number of hydrogen-bond acceptors (Lipinski definition) is 7. The van der Waals surface area contributed by atoms with Gasteiger partial charge in [-0.05, 0) is 13.0 Å². The van der Waals surface area contributed by atoms with Gasteiger partial charge in [0.15, 0.2) is 17.1 Å². The van der Waals surface area contributed by atoms with Crippen LogP contribution in [-0.4, -0.2) is 39.3 Å². The molecule has 1 aliphatic rings. The van der Waals surface area contributed by atoms with Crippen LogP contribution < -0.4 is 25.9 Å². The first kappa shape index (κ1) is 15.5. The van der Waals surface area contributed by atoms with E-state index in [9.17, 15) is 4.39 Å². The lowest BCUT2D eigenvalue weighted by Gasteiger charge is -2.07. The standard InChI is InChI=1S/C16H15FN6O2/c1-9-12(24-5-3-18)7-23-14(9)16(21-8-22-23)25-11-6-20-15-10(13(11)17)2-4-19-15/h2,6-8H,3-5,18H2,1H3. The second-order valence-electron chi connectivity index (χ2n) is 5.43. The van der Waals surface area contributed by atoms with Gasteiger partial charge in [0.05, 0.1) is 24.2 Å². The second-order valence-corrected chi connectivity index (χ2v) is 5.43. The normalized spacial score (nSPS) is 12.6. The lowest BCUT2D eigenvalue weighted by Crippen LogP contribution is -2.28. The fourth-order valence-electron chi connectivity index (χ4n) is 2.68. The number of hydrogen-bond donors (Lipinski definition) is 1. The van der Waals surface area contributed by atoms with Crippen LogP contribution in [0.15, 0.2) is 23.7 Å². The number of nitrogens with zero attached hydrogens (tertiary/aromatic N) is 5. The Balaban J connectivity index is 1.78. The van der Waals surface area contributed by atoms with Crippen LogP contribution in [0.5, 0.6) is 17.4 Å². The van der Waals surface area contributed by atoms with Gasteiger partial charge < -0.3 is 15.2 Å². The van der Waals surface area contributed by atoms with E-state index >= 15 is 0 Å². The zero-order chi connectivity index (χ0) is 17.4. The molecular weight excluding hydrogens is 327 g/mol. The van der Waals surface area contributed by atoms with Crippen LogP contribution in [0.3, 0.4) is 0 Å². The molecule has 0 saturated heterocycles. The molecule has 25 heavy (non-hydrogen) atoms. The minimum atomic E-state index is -0.508. The monoisotopic (exact) mass is 342 g/mol. The molecule has 0 aromatic carbocycles. The summed E-state index contributed by atoms with van der Waals surface area (Å²) in [6.07, 6.45) is 6.01. The van der Waals surface area contributed by atoms with E-state index in [1.165, 1.54) is 12.5 Å². The second kappa shape index (κ2) is 6.10. The van der Waals surface area contributed by atoms with E-state index in [0.29, 0.717) is 41.7 Å². The van der Waals surface area contributed by atoms with Crippen molar-refractivity contribution in [1.82, 2.24) is 19.6 Å². The Kier molecular flexibility index (Phi) is 3.77. The first-order valence-corrected chi connectivity index (χ1v) is 7.72. The van der Waals surface area contributed by atoms with E-state index < -0.39 is 5.82 Å². The summed E-state index contributed by atoms with van der Waals surface area (Å²) in [5.74, 6) is 0.311. The van der Waals surface area contributed by atoms with Gasteiger partial charge in [-0.1, -0.05) is 0 Å². The van der Waals surface area contributed by atoms with Crippen LogP contribution in [0.2, 0.25) is 0 Å². The Hall–Kier alpha value is -3.07. The number of aromatic nitrogens is 4. The molecule has 0 fully saturated rings. The zero-order valence-electron chi connectivity index (χ0n) is 13.4. The van der Waals surface area contributed by atoms with E-state index in [2.05, 4.69) is 20.1 Å². The van der Waals surface area contributed by atoms with Gasteiger partial charge in [-0.2, -0.15) is 10.1 Å². The molecule has 8 nitrogen and oxygen atoms in total. The number of halogens is 1. The third-order valence-electron chi connectivity index (χ3n) is 3.86. The molecule has 0 amide bonds. The predicted molar refractivity (Wildman–Crippen MR) is 86.7 cm³/mol. The number of nitrogens with two attached hydrogens (primary N) is 1. The molecule has 0 atom stereocenters. The summed E-state index contributed by atoms with van der Waals surface area (Å²) in [6, 6.07) is 0. The Bertz CT molecular complexity index is 1080. The van der Waals surface area contributed by atoms with Crippen molar-refractivity contribution in [3.05, 3.63) is 40.8 Å². The number of aryl methyl sites for hydroxylation is 1. The van der Waals surface area contributed by atoms with Crippen LogP contribution in [0.25, 0.3) is 11.6 Å². The predicted octanol–water partition coefficient (Wildman–Crippen LogP) is 0.115. The van der Waals surface area contributed by atoms with Gasteiger partial charge in [-0.3, -0.25) is 4.99 Å². The summed E-state index contributed by atoms with van der Waals surface area (Å²) in [7, 11) is 0. The van der Waals surface area contributed by atoms with Crippen LogP contribution >= 0.6 is 0 Å². The summed E-state index contributed by atoms with van der Waals surface area (Å²) in [5.41, 5.74) is 7.22. The Morgan fingerprint density at radius 3 is 3.04 bits per heavy atom. The topological polar surface area (TPSA) is 99.9 Å². The highest BCUT2D eigenvalue weighted by molar-refractivity contribution is 5.67. The maximum absolute atomic E-state index is 14.6. The smallest absolute Gasteiger partial charge is 0.247 e. The van der Waals surface area contributed by atoms with Crippen molar-refractivity contribution in [1.29, 1.82) is 0 Å². The molecule has 3 aromatic rings. The Morgan fingerprint density at radius 2 is 2.20 bits per heavy atom. The molecular formula is C16H15FN6O2. The summed E-state index contributed by atoms with van der Waals surface area (Å²) < 4.78 is 27.4. The lowest BCUT2D eigenvalue weighted by atomic mass is 10.3. The molecule has 0 saturated carbocycles. The number of fused-ring (bicyclic) bond motifs is 2. The van der Waals surface area contributed by atoms with E-state index in [4.69, 9.17) is 15.2 Å². The van der Waals surface area contributed by atoms with Crippen LogP contribution in [0.4, 0.5) is 4.39 Å². The molecule has 4 rings (SSSR count). The molecule has 4 heterocycles. The van der Waals surface area contributed by atoms with Gasteiger partial charge >= 0.3 is 0 Å². The van der Waals surface area contributed by atoms with Crippen molar-refractivity contribution in [2.75, 3.05) is 19.7 Å². The average molecular weight is 342 g/mol. The molecule has 0 unspecified atom stereocenters. The number of pyridine rings is 1. The molecule has 9 heteroatoms. The zero-order valence-corrected chi connectivity index (χ0v) is 13.4. The van der Waals surface area contributed by atoms with Gasteiger partial charge in [-0.25, -0.2) is 13.9 Å². The van der Waals surface area contributed by atoms with E-state index in [1.807, 2.05) is 6.92 Å². The molecule has 0 radical (unpaired) electrons. The minimum absolute atomic E-state index is 0.0160. The van der Waals surface area contributed by atoms with Crippen molar-refractivity contribution >= 4 is 11.6 Å². The molecule has 0 aliphatic carbocycles. The number of rotatable bonds is 5. The van der Waals surface area contributed by atoms with E-state index in [0.717, 1.165) is 5.56 Å². The third-order valence-corrected chi connectivity index (χ3v) is 3.86. The molecule has 0 bridgehead atoms. The number of ether oxygens (including phenoxy) is 2. The Morgan fingerprint density at radius 1 is 1.32 bits per heavy atom. The van der Waals surface area contributed by atoms with Gasteiger partial charge in [0.1, 0.15) is 24.2 Å². The van der Waals surface area contributed by atoms with Crippen LogP contribution in [0, 0.1) is 12.7 Å². The fraction of sp³-hybridized carbons (Fsp3) is 0.250. The Labute approximate surface area is 141 Å². The summed E-state index contributed by atoms with van der Waals surface area (Å²) in [6.45, 7) is 3.04. The molecule has 1 aliphatic heterocycles. The van der Waals surface area contributed by atoms with Crippen molar-refractivity contribution in [2.45, 2.75) is 6.92 Å². The SMILES string of the molecule is Cc1c(OCCN)cn2ncnc(Oc3cnc4c(c3F)=CCN=4)c12. The van der Waals surface area contributed by atoms with Crippen LogP contribution in [-0.2, 0) is 0 Å². The highest BCUT2D eigenvalue weighted by Crippen LogP contribution is 2.31. The highest BCUT2D eigenvalue weighted by atomic mass is 19.1. The fourth-order valence-corrected chi connectivity index (χ4v) is 2.68. The maximum Gasteiger partial charge on any atom is 0.247 e. The van der Waals surface area contributed by atoms with Gasteiger partial charge in [-0.15, -0.1) is 0 Å². The largest absolute Gasteiger partial charge is 0.490 e. The quantitative estimate of drug-likeness (QED) is 0.707. The molecule has 128 valence electrons. The van der Waals surface area contributed by atoms with Crippen molar-refractivity contribution in [2.24, 2.45) is 10.7 Å². The van der Waals surface area contributed by atoms with Gasteiger partial charge in [0.2, 0.25) is 5.88 Å². The average Bonchev–Trinajstić information content (AvgIpc) is 3.21. The maximum atomic E-state index is 14.6. The van der Waals surface area contributed by atoms with Crippen molar-refractivity contribution in [3.63, 3.8) is 0 Å². The minimum Gasteiger partial charge on any atom is -0.490 e. The first-order valence-electron chi connectivity index (χ1n) is 7.72. The van der Waals surface area contributed by atoms with Gasteiger partial charge in [0, 0.05) is 12.1 Å². The van der Waals surface area contributed by atoms with Crippen LogP contribution in [0.1, 0.15) is 5.56 Å². The molecule has 0 spiro atoms. The molecule has 3 aromatic heterocycles. The van der Waals surface area contributed by atoms with E-state index in [-0.39, 0.29) is 11.6 Å². The summed E-state index contributed by atoms with van der Waals surface area (Å²) in [5, 5.41) is 4.49. The van der Waals surface area contributed by atoms with Crippen molar-refractivity contribution < 1.29 is 13.9 Å². The first-order chi connectivity index (χ1) is 12.2. The summed E-state index contributed by atoms with van der Waals surface area (Å²) >= 11 is 0. The summed E-state index contributed by atoms with van der Waals surface area (Å²) in [4.78, 5) is 12.3. The van der Waals surface area contributed by atoms with E-state index in [1.54, 1.807) is 16.8 Å². The third kappa shape index (κ3) is 2.58. The van der Waals surface area contributed by atoms with Crippen molar-refractivity contribution in [3.8, 4) is 17.4 Å². The lowest BCUT2D eigenvalue weighted by molar-refractivity contribution is 0.326. The molecule has 2 N–H and O–H groups in total. The van der Waals surface area contributed by atoms with Gasteiger partial charge in [0.25, 0.3) is 0 Å².